The summed E-state index contributed by atoms with van der Waals surface area (Å²) in [6, 6.07) is 0. The van der Waals surface area contributed by atoms with Gasteiger partial charge in [-0.05, 0) is 39.2 Å². The van der Waals surface area contributed by atoms with Crippen LogP contribution in [0.5, 0.6) is 0 Å². The van der Waals surface area contributed by atoms with Gasteiger partial charge in [0.15, 0.2) is 11.9 Å². The lowest BCUT2D eigenvalue weighted by atomic mass is 10.3. The number of aromatic nitrogens is 4. The van der Waals surface area contributed by atoms with Crippen molar-refractivity contribution in [2.75, 3.05) is 12.3 Å². The molecule has 0 aliphatic carbocycles. The largest absolute Gasteiger partial charge is 0.411 e. The maximum absolute atomic E-state index is 6.89. The highest BCUT2D eigenvalue weighted by atomic mass is 127. The van der Waals surface area contributed by atoms with Crippen LogP contribution in [0.3, 0.4) is 0 Å². The van der Waals surface area contributed by atoms with Crippen molar-refractivity contribution in [2.24, 2.45) is 0 Å². The summed E-state index contributed by atoms with van der Waals surface area (Å²) in [5.41, 5.74) is 8.38. The summed E-state index contributed by atoms with van der Waals surface area (Å²) in [6.07, 6.45) is 2.15. The molecule has 0 spiro atoms. The molecular formula is C18H30IN5O2Si. The molecule has 0 aromatic carbocycles. The Balaban J connectivity index is 1.84. The van der Waals surface area contributed by atoms with E-state index >= 15 is 0 Å². The molecule has 7 nitrogen and oxygen atoms in total. The van der Waals surface area contributed by atoms with Gasteiger partial charge in [0, 0.05) is 6.42 Å². The van der Waals surface area contributed by atoms with Crippen LogP contribution < -0.4 is 5.73 Å². The number of fused-ring (bicyclic) bond motifs is 1. The van der Waals surface area contributed by atoms with Gasteiger partial charge in [0.1, 0.15) is 15.8 Å². The number of nitrogens with zero attached hydrogens (tertiary/aromatic N) is 4. The van der Waals surface area contributed by atoms with Crippen LogP contribution in [0.15, 0.2) is 6.33 Å². The third-order valence-corrected chi connectivity index (χ3v) is 12.7. The number of nitrogens with two attached hydrogens (primary N) is 1. The predicted octanol–water partition coefficient (Wildman–Crippen LogP) is 4.49. The lowest BCUT2D eigenvalue weighted by molar-refractivity contribution is 0.0427. The van der Waals surface area contributed by atoms with Crippen molar-refractivity contribution in [3.8, 4) is 0 Å². The number of anilines is 1. The molecule has 150 valence electrons. The fraction of sp³-hybridized carbons (Fsp3) is 0.722. The highest BCUT2D eigenvalue weighted by Gasteiger charge is 2.48. The van der Waals surface area contributed by atoms with E-state index in [4.69, 9.17) is 14.9 Å². The van der Waals surface area contributed by atoms with Gasteiger partial charge in [-0.15, -0.1) is 0 Å². The van der Waals surface area contributed by atoms with Crippen LogP contribution in [-0.4, -0.2) is 40.8 Å². The maximum atomic E-state index is 6.89. The molecule has 2 atom stereocenters. The number of ether oxygens (including phenoxy) is 1. The topological polar surface area (TPSA) is 88.1 Å². The molecule has 2 N–H and O–H groups in total. The summed E-state index contributed by atoms with van der Waals surface area (Å²) in [5, 5.41) is 5.41. The molecular weight excluding hydrogens is 473 g/mol. The first kappa shape index (κ1) is 20.9. The van der Waals surface area contributed by atoms with E-state index in [1.54, 1.807) is 0 Å². The molecule has 2 aromatic rings. The average molecular weight is 503 g/mol. The molecule has 9 heteroatoms. The van der Waals surface area contributed by atoms with E-state index in [1.807, 2.05) is 4.68 Å². The molecule has 3 heterocycles. The van der Waals surface area contributed by atoms with E-state index in [0.29, 0.717) is 29.0 Å². The number of halogens is 1. The van der Waals surface area contributed by atoms with Gasteiger partial charge in [-0.25, -0.2) is 14.6 Å². The van der Waals surface area contributed by atoms with Gasteiger partial charge < -0.3 is 14.9 Å². The first-order chi connectivity index (χ1) is 12.7. The van der Waals surface area contributed by atoms with Crippen molar-refractivity contribution >= 4 is 47.8 Å². The van der Waals surface area contributed by atoms with Crippen LogP contribution >= 0.6 is 22.6 Å². The summed E-state index contributed by atoms with van der Waals surface area (Å²) in [7, 11) is -1.94. The molecule has 0 radical (unpaired) electrons. The molecule has 3 rings (SSSR count). The Labute approximate surface area is 175 Å². The highest BCUT2D eigenvalue weighted by Crippen LogP contribution is 2.44. The van der Waals surface area contributed by atoms with E-state index in [2.05, 4.69) is 79.2 Å². The Bertz CT molecular complexity index is 789. The van der Waals surface area contributed by atoms with Gasteiger partial charge in [-0.2, -0.15) is 5.10 Å². The van der Waals surface area contributed by atoms with Crippen LogP contribution in [-0.2, 0) is 9.16 Å². The van der Waals surface area contributed by atoms with Gasteiger partial charge in [0.05, 0.1) is 18.1 Å². The van der Waals surface area contributed by atoms with Gasteiger partial charge in [-0.3, -0.25) is 0 Å². The van der Waals surface area contributed by atoms with Gasteiger partial charge in [0.2, 0.25) is 8.32 Å². The number of hydrogen-bond acceptors (Lipinski definition) is 6. The van der Waals surface area contributed by atoms with Crippen LogP contribution in [0.1, 0.15) is 54.2 Å². The molecule has 1 unspecified atom stereocenters. The minimum Gasteiger partial charge on any atom is -0.411 e. The Morgan fingerprint density at radius 1 is 1.19 bits per heavy atom. The fourth-order valence-electron chi connectivity index (χ4n) is 4.68. The zero-order chi connectivity index (χ0) is 19.9. The molecule has 1 saturated heterocycles. The second kappa shape index (κ2) is 7.92. The molecule has 1 aliphatic heterocycles. The van der Waals surface area contributed by atoms with Crippen LogP contribution in [0.2, 0.25) is 16.6 Å². The van der Waals surface area contributed by atoms with Crippen molar-refractivity contribution < 1.29 is 9.16 Å². The lowest BCUT2D eigenvalue weighted by Gasteiger charge is -2.43. The number of nitrogen functional groups attached to an aromatic ring is 1. The molecule has 1 aliphatic rings. The molecule has 0 saturated carbocycles. The van der Waals surface area contributed by atoms with Crippen molar-refractivity contribution in [1.29, 1.82) is 0 Å². The summed E-state index contributed by atoms with van der Waals surface area (Å²) in [4.78, 5) is 8.46. The first-order valence-electron chi connectivity index (χ1n) is 9.62. The van der Waals surface area contributed by atoms with E-state index in [9.17, 15) is 0 Å². The average Bonchev–Trinajstić information content (AvgIpc) is 3.16. The molecule has 2 aromatic heterocycles. The first-order valence-corrected chi connectivity index (χ1v) is 12.8. The Morgan fingerprint density at radius 2 is 1.81 bits per heavy atom. The normalized spacial score (nSPS) is 21.3. The summed E-state index contributed by atoms with van der Waals surface area (Å²) in [5.74, 6) is 0.451. The van der Waals surface area contributed by atoms with Crippen molar-refractivity contribution in [2.45, 2.75) is 76.9 Å². The molecule has 0 bridgehead atoms. The van der Waals surface area contributed by atoms with Crippen molar-refractivity contribution in [3.05, 3.63) is 10.0 Å². The van der Waals surface area contributed by atoms with Crippen LogP contribution in [0.4, 0.5) is 5.82 Å². The van der Waals surface area contributed by atoms with Crippen LogP contribution in [0.25, 0.3) is 11.0 Å². The zero-order valence-corrected chi connectivity index (χ0v) is 20.1. The Hall–Kier alpha value is -0.783. The van der Waals surface area contributed by atoms with E-state index < -0.39 is 8.32 Å². The Kier molecular flexibility index (Phi) is 6.14. The minimum absolute atomic E-state index is 0.0879. The fourth-order valence-corrected chi connectivity index (χ4v) is 11.0. The maximum Gasteiger partial charge on any atom is 0.200 e. The third-order valence-electron chi connectivity index (χ3n) is 5.77. The van der Waals surface area contributed by atoms with E-state index in [1.165, 1.54) is 6.33 Å². The Morgan fingerprint density at radius 3 is 2.41 bits per heavy atom. The monoisotopic (exact) mass is 503 g/mol. The lowest BCUT2D eigenvalue weighted by Crippen LogP contribution is -2.50. The number of hydrogen-bond donors (Lipinski definition) is 1. The second-order valence-corrected chi connectivity index (χ2v) is 14.7. The highest BCUT2D eigenvalue weighted by molar-refractivity contribution is 14.1. The van der Waals surface area contributed by atoms with E-state index in [-0.39, 0.29) is 12.3 Å². The van der Waals surface area contributed by atoms with Gasteiger partial charge >= 0.3 is 0 Å². The predicted molar refractivity (Wildman–Crippen MR) is 118 cm³/mol. The summed E-state index contributed by atoms with van der Waals surface area (Å²) >= 11 is 2.17. The van der Waals surface area contributed by atoms with Gasteiger partial charge in [-0.1, -0.05) is 41.5 Å². The third kappa shape index (κ3) is 3.63. The van der Waals surface area contributed by atoms with Crippen molar-refractivity contribution in [3.63, 3.8) is 0 Å². The molecule has 1 fully saturated rings. The number of rotatable bonds is 6. The zero-order valence-electron chi connectivity index (χ0n) is 16.9. The SMILES string of the molecule is CC(C)[Si](OC1CO[C@@H](n2nc(I)c3c(N)ncnc32)C1)(C(C)C)C(C)C. The van der Waals surface area contributed by atoms with Crippen LogP contribution in [0, 0.1) is 3.70 Å². The minimum atomic E-state index is -1.94. The smallest absolute Gasteiger partial charge is 0.200 e. The van der Waals surface area contributed by atoms with Crippen molar-refractivity contribution in [1.82, 2.24) is 19.7 Å². The standard InChI is InChI=1S/C18H30IN5O2Si/c1-10(2)27(11(3)4,12(5)6)26-13-7-14(25-8-13)24-18-15(16(19)23-24)17(20)21-9-22-18/h9-14H,7-8H2,1-6H3,(H2,20,21,22)/t13?,14-/m1/s1. The quantitative estimate of drug-likeness (QED) is 0.462. The second-order valence-electron chi connectivity index (χ2n) is 8.27. The summed E-state index contributed by atoms with van der Waals surface area (Å²) in [6.45, 7) is 14.4. The van der Waals surface area contributed by atoms with Gasteiger partial charge in [0.25, 0.3) is 0 Å². The summed E-state index contributed by atoms with van der Waals surface area (Å²) < 4.78 is 15.6. The molecule has 0 amide bonds. The van der Waals surface area contributed by atoms with E-state index in [0.717, 1.165) is 21.2 Å². The molecule has 27 heavy (non-hydrogen) atoms.